The molecule has 5 nitrogen and oxygen atoms in total. The zero-order valence-electron chi connectivity index (χ0n) is 11.2. The van der Waals surface area contributed by atoms with Crippen LogP contribution in [0, 0.1) is 0 Å². The molecule has 0 unspecified atom stereocenters. The number of imidazole rings is 1. The van der Waals surface area contributed by atoms with Crippen molar-refractivity contribution in [3.8, 4) is 0 Å². The maximum Gasteiger partial charge on any atom is 0.323 e. The van der Waals surface area contributed by atoms with E-state index in [1.54, 1.807) is 0 Å². The van der Waals surface area contributed by atoms with E-state index in [0.29, 0.717) is 6.04 Å². The van der Waals surface area contributed by atoms with Crippen molar-refractivity contribution >= 4 is 5.97 Å². The van der Waals surface area contributed by atoms with Crippen molar-refractivity contribution in [2.45, 2.75) is 57.3 Å². The van der Waals surface area contributed by atoms with Crippen LogP contribution >= 0.6 is 0 Å². The number of hydrogen-bond donors (Lipinski definition) is 0. The Hall–Kier alpha value is -1.36. The number of nitrogens with zero attached hydrogens (tertiary/aromatic N) is 3. The van der Waals surface area contributed by atoms with Crippen LogP contribution in [0.15, 0.2) is 6.33 Å². The number of hydrogen-bond acceptors (Lipinski definition) is 4. The summed E-state index contributed by atoms with van der Waals surface area (Å²) in [5.41, 5.74) is 2.55. The quantitative estimate of drug-likeness (QED) is 0.752. The van der Waals surface area contributed by atoms with Crippen LogP contribution in [0.1, 0.15) is 43.6 Å². The van der Waals surface area contributed by atoms with Crippen LogP contribution in [-0.2, 0) is 22.5 Å². The second-order valence-corrected chi connectivity index (χ2v) is 6.00. The molecule has 2 atom stereocenters. The van der Waals surface area contributed by atoms with E-state index in [0.717, 1.165) is 31.6 Å². The Kier molecular flexibility index (Phi) is 2.45. The van der Waals surface area contributed by atoms with Crippen molar-refractivity contribution in [1.82, 2.24) is 14.5 Å². The highest BCUT2D eigenvalue weighted by molar-refractivity contribution is 5.78. The Bertz CT molecular complexity index is 521. The van der Waals surface area contributed by atoms with Gasteiger partial charge in [0.25, 0.3) is 0 Å². The van der Waals surface area contributed by atoms with E-state index in [-0.39, 0.29) is 18.1 Å². The molecule has 102 valence electrons. The second kappa shape index (κ2) is 4.07. The van der Waals surface area contributed by atoms with Crippen LogP contribution < -0.4 is 0 Å². The van der Waals surface area contributed by atoms with Crippen LogP contribution in [-0.4, -0.2) is 39.1 Å². The Morgan fingerprint density at radius 1 is 1.42 bits per heavy atom. The summed E-state index contributed by atoms with van der Waals surface area (Å²) in [4.78, 5) is 18.6. The van der Waals surface area contributed by atoms with E-state index in [1.807, 2.05) is 13.3 Å². The monoisotopic (exact) mass is 261 g/mol. The average Bonchev–Trinajstić information content (AvgIpc) is 3.06. The first-order valence-corrected chi connectivity index (χ1v) is 7.21. The van der Waals surface area contributed by atoms with E-state index < -0.39 is 0 Å². The van der Waals surface area contributed by atoms with E-state index in [2.05, 4.69) is 14.5 Å². The number of aromatic nitrogens is 2. The van der Waals surface area contributed by atoms with Crippen molar-refractivity contribution in [2.75, 3.05) is 6.54 Å². The van der Waals surface area contributed by atoms with Gasteiger partial charge in [0.1, 0.15) is 12.1 Å². The summed E-state index contributed by atoms with van der Waals surface area (Å²) in [6.07, 6.45) is 6.45. The number of fused-ring (bicyclic) bond motifs is 1. The molecule has 1 saturated heterocycles. The molecule has 0 amide bonds. The average molecular weight is 261 g/mol. The molecule has 0 spiro atoms. The van der Waals surface area contributed by atoms with E-state index >= 15 is 0 Å². The Balaban J connectivity index is 1.54. The number of ether oxygens (including phenoxy) is 1. The molecule has 1 aliphatic carbocycles. The lowest BCUT2D eigenvalue weighted by Crippen LogP contribution is -2.42. The maximum absolute atomic E-state index is 11.8. The minimum absolute atomic E-state index is 0.0578. The fraction of sp³-hybridized carbons (Fsp3) is 0.714. The predicted octanol–water partition coefficient (Wildman–Crippen LogP) is 1.28. The summed E-state index contributed by atoms with van der Waals surface area (Å²) in [6, 6.07) is 0.633. The molecule has 4 rings (SSSR count). The van der Waals surface area contributed by atoms with Crippen LogP contribution in [0.4, 0.5) is 0 Å². The van der Waals surface area contributed by atoms with Gasteiger partial charge >= 0.3 is 5.97 Å². The molecule has 2 aliphatic heterocycles. The number of cyclic esters (lactones) is 1. The van der Waals surface area contributed by atoms with Gasteiger partial charge in [-0.1, -0.05) is 0 Å². The Morgan fingerprint density at radius 2 is 2.26 bits per heavy atom. The molecule has 19 heavy (non-hydrogen) atoms. The van der Waals surface area contributed by atoms with Crippen molar-refractivity contribution < 1.29 is 9.53 Å². The Morgan fingerprint density at radius 3 is 2.95 bits per heavy atom. The molecule has 0 radical (unpaired) electrons. The molecule has 0 N–H and O–H groups in total. The fourth-order valence-electron chi connectivity index (χ4n) is 3.32. The summed E-state index contributed by atoms with van der Waals surface area (Å²) in [7, 11) is 0. The number of rotatable bonds is 2. The van der Waals surface area contributed by atoms with E-state index in [9.17, 15) is 4.79 Å². The SMILES string of the molecule is C[C@@H]1C[C@@H](N2CCc3c(ncn3C3CC3)C2)C(=O)O1. The zero-order chi connectivity index (χ0) is 13.0. The molecule has 0 aromatic carbocycles. The number of carbonyl (C=O) groups is 1. The lowest BCUT2D eigenvalue weighted by molar-refractivity contribution is -0.145. The Labute approximate surface area is 112 Å². The summed E-state index contributed by atoms with van der Waals surface area (Å²) in [5.74, 6) is -0.0578. The zero-order valence-corrected chi connectivity index (χ0v) is 11.2. The molecular formula is C14H19N3O2. The lowest BCUT2D eigenvalue weighted by Gasteiger charge is -2.29. The van der Waals surface area contributed by atoms with E-state index in [4.69, 9.17) is 4.74 Å². The molecular weight excluding hydrogens is 242 g/mol. The molecule has 0 bridgehead atoms. The van der Waals surface area contributed by atoms with Crippen molar-refractivity contribution in [1.29, 1.82) is 0 Å². The molecule has 3 heterocycles. The molecule has 3 aliphatic rings. The third-order valence-corrected chi connectivity index (χ3v) is 4.50. The van der Waals surface area contributed by atoms with Gasteiger partial charge in [-0.15, -0.1) is 0 Å². The minimum Gasteiger partial charge on any atom is -0.461 e. The highest BCUT2D eigenvalue weighted by atomic mass is 16.6. The standard InChI is InChI=1S/C14H19N3O2/c1-9-6-13(14(18)19-9)16-5-4-12-11(7-16)15-8-17(12)10-2-3-10/h8-10,13H,2-7H2,1H3/t9-,13-/m1/s1. The summed E-state index contributed by atoms with van der Waals surface area (Å²) in [5, 5.41) is 0. The van der Waals surface area contributed by atoms with Gasteiger partial charge in [0.15, 0.2) is 0 Å². The highest BCUT2D eigenvalue weighted by Crippen LogP contribution is 2.37. The maximum atomic E-state index is 11.8. The van der Waals surface area contributed by atoms with Crippen LogP contribution in [0.3, 0.4) is 0 Å². The van der Waals surface area contributed by atoms with Gasteiger partial charge in [-0.3, -0.25) is 9.69 Å². The number of esters is 1. The largest absolute Gasteiger partial charge is 0.461 e. The third-order valence-electron chi connectivity index (χ3n) is 4.50. The number of carbonyl (C=O) groups excluding carboxylic acids is 1. The topological polar surface area (TPSA) is 47.4 Å². The van der Waals surface area contributed by atoms with Gasteiger partial charge in [-0.25, -0.2) is 4.98 Å². The van der Waals surface area contributed by atoms with Crippen LogP contribution in [0.2, 0.25) is 0 Å². The third kappa shape index (κ3) is 1.87. The summed E-state index contributed by atoms with van der Waals surface area (Å²) < 4.78 is 7.61. The van der Waals surface area contributed by atoms with Gasteiger partial charge in [0.2, 0.25) is 0 Å². The van der Waals surface area contributed by atoms with Gasteiger partial charge < -0.3 is 9.30 Å². The molecule has 1 aromatic heterocycles. The van der Waals surface area contributed by atoms with Gasteiger partial charge in [0, 0.05) is 37.7 Å². The van der Waals surface area contributed by atoms with Gasteiger partial charge in [-0.05, 0) is 19.8 Å². The van der Waals surface area contributed by atoms with Crippen LogP contribution in [0.5, 0.6) is 0 Å². The summed E-state index contributed by atoms with van der Waals surface area (Å²) in [6.45, 7) is 3.70. The van der Waals surface area contributed by atoms with Crippen molar-refractivity contribution in [2.24, 2.45) is 0 Å². The van der Waals surface area contributed by atoms with Gasteiger partial charge in [-0.2, -0.15) is 0 Å². The minimum atomic E-state index is -0.0609. The first-order valence-electron chi connectivity index (χ1n) is 7.21. The summed E-state index contributed by atoms with van der Waals surface area (Å²) >= 11 is 0. The predicted molar refractivity (Wildman–Crippen MR) is 68.6 cm³/mol. The highest BCUT2D eigenvalue weighted by Gasteiger charge is 2.39. The first-order chi connectivity index (χ1) is 9.22. The lowest BCUT2D eigenvalue weighted by atomic mass is 10.1. The molecule has 2 fully saturated rings. The van der Waals surface area contributed by atoms with Gasteiger partial charge in [0.05, 0.1) is 12.0 Å². The van der Waals surface area contributed by atoms with Crippen molar-refractivity contribution in [3.05, 3.63) is 17.7 Å². The molecule has 5 heteroatoms. The molecule has 1 saturated carbocycles. The van der Waals surface area contributed by atoms with Crippen LogP contribution in [0.25, 0.3) is 0 Å². The smallest absolute Gasteiger partial charge is 0.323 e. The first kappa shape index (κ1) is 11.5. The van der Waals surface area contributed by atoms with E-state index in [1.165, 1.54) is 18.5 Å². The molecule has 1 aromatic rings. The fourth-order valence-corrected chi connectivity index (χ4v) is 3.32. The normalized spacial score (nSPS) is 31.3. The second-order valence-electron chi connectivity index (χ2n) is 6.00. The van der Waals surface area contributed by atoms with Crippen molar-refractivity contribution in [3.63, 3.8) is 0 Å².